The molecule has 1 aromatic carbocycles. The standard InChI is InChI=1S/C14H14N2O/c1-3-9-4-5-12-11(8-9)10-6-7-16(2)14(17)13(10)15-12/h4-8,15H,3H2,1-2H3. The molecule has 2 aromatic heterocycles. The molecule has 17 heavy (non-hydrogen) atoms. The predicted octanol–water partition coefficient (Wildman–Crippen LogP) is 2.58. The number of aromatic amines is 1. The largest absolute Gasteiger partial charge is 0.350 e. The van der Waals surface area contributed by atoms with Crippen molar-refractivity contribution in [2.45, 2.75) is 13.3 Å². The first-order chi connectivity index (χ1) is 8.20. The zero-order valence-corrected chi connectivity index (χ0v) is 9.95. The lowest BCUT2D eigenvalue weighted by Crippen LogP contribution is -2.15. The lowest BCUT2D eigenvalue weighted by atomic mass is 10.1. The Bertz CT molecular complexity index is 765. The molecule has 0 amide bonds. The van der Waals surface area contributed by atoms with Crippen molar-refractivity contribution in [2.24, 2.45) is 7.05 Å². The second-order valence-corrected chi connectivity index (χ2v) is 4.38. The van der Waals surface area contributed by atoms with Crippen LogP contribution in [0.4, 0.5) is 0 Å². The van der Waals surface area contributed by atoms with E-state index in [1.54, 1.807) is 11.6 Å². The normalized spacial score (nSPS) is 11.4. The van der Waals surface area contributed by atoms with Gasteiger partial charge in [-0.15, -0.1) is 0 Å². The minimum atomic E-state index is 0.0248. The van der Waals surface area contributed by atoms with Gasteiger partial charge in [-0.25, -0.2) is 0 Å². The van der Waals surface area contributed by atoms with Gasteiger partial charge in [0.1, 0.15) is 5.52 Å². The summed E-state index contributed by atoms with van der Waals surface area (Å²) in [5, 5.41) is 2.15. The molecular weight excluding hydrogens is 212 g/mol. The van der Waals surface area contributed by atoms with Crippen molar-refractivity contribution in [3.8, 4) is 0 Å². The number of nitrogens with one attached hydrogen (secondary N) is 1. The second kappa shape index (κ2) is 3.48. The Labute approximate surface area is 98.7 Å². The zero-order chi connectivity index (χ0) is 12.0. The van der Waals surface area contributed by atoms with Gasteiger partial charge in [0.15, 0.2) is 0 Å². The molecule has 86 valence electrons. The third-order valence-electron chi connectivity index (χ3n) is 3.31. The number of hydrogen-bond donors (Lipinski definition) is 1. The Hall–Kier alpha value is -2.03. The van der Waals surface area contributed by atoms with E-state index in [2.05, 4.69) is 24.0 Å². The first kappa shape index (κ1) is 10.1. The van der Waals surface area contributed by atoms with E-state index in [0.717, 1.165) is 22.7 Å². The maximum atomic E-state index is 12.0. The van der Waals surface area contributed by atoms with Crippen LogP contribution in [0.1, 0.15) is 12.5 Å². The number of benzene rings is 1. The highest BCUT2D eigenvalue weighted by Gasteiger charge is 2.08. The van der Waals surface area contributed by atoms with E-state index in [9.17, 15) is 4.79 Å². The number of rotatable bonds is 1. The van der Waals surface area contributed by atoms with E-state index in [1.807, 2.05) is 18.3 Å². The molecule has 0 saturated carbocycles. The summed E-state index contributed by atoms with van der Waals surface area (Å²) in [4.78, 5) is 15.2. The van der Waals surface area contributed by atoms with Crippen molar-refractivity contribution >= 4 is 21.8 Å². The molecule has 0 fully saturated rings. The summed E-state index contributed by atoms with van der Waals surface area (Å²) in [5.74, 6) is 0. The van der Waals surface area contributed by atoms with E-state index >= 15 is 0 Å². The summed E-state index contributed by atoms with van der Waals surface area (Å²) in [6, 6.07) is 8.30. The van der Waals surface area contributed by atoms with Gasteiger partial charge in [0.05, 0.1) is 0 Å². The van der Waals surface area contributed by atoms with Crippen LogP contribution in [0, 0.1) is 0 Å². The molecule has 0 saturated heterocycles. The first-order valence-corrected chi connectivity index (χ1v) is 5.80. The zero-order valence-electron chi connectivity index (χ0n) is 9.95. The van der Waals surface area contributed by atoms with Crippen molar-refractivity contribution in [1.29, 1.82) is 0 Å². The van der Waals surface area contributed by atoms with Crippen molar-refractivity contribution in [2.75, 3.05) is 0 Å². The van der Waals surface area contributed by atoms with Crippen LogP contribution in [0.15, 0.2) is 35.3 Å². The Morgan fingerprint density at radius 2 is 2.06 bits per heavy atom. The number of aromatic nitrogens is 2. The van der Waals surface area contributed by atoms with Gasteiger partial charge < -0.3 is 9.55 Å². The van der Waals surface area contributed by atoms with Gasteiger partial charge in [-0.2, -0.15) is 0 Å². The maximum absolute atomic E-state index is 12.0. The fourth-order valence-corrected chi connectivity index (χ4v) is 2.25. The molecule has 0 radical (unpaired) electrons. The average Bonchev–Trinajstić information content (AvgIpc) is 2.72. The molecule has 3 nitrogen and oxygen atoms in total. The molecule has 3 heteroatoms. The quantitative estimate of drug-likeness (QED) is 0.680. The number of aryl methyl sites for hydroxylation is 2. The van der Waals surface area contributed by atoms with Crippen molar-refractivity contribution in [1.82, 2.24) is 9.55 Å². The molecule has 0 atom stereocenters. The van der Waals surface area contributed by atoms with E-state index in [1.165, 1.54) is 5.56 Å². The van der Waals surface area contributed by atoms with Gasteiger partial charge in [-0.3, -0.25) is 4.79 Å². The predicted molar refractivity (Wildman–Crippen MR) is 70.4 cm³/mol. The average molecular weight is 226 g/mol. The molecule has 0 aliphatic carbocycles. The highest BCUT2D eigenvalue weighted by atomic mass is 16.1. The lowest BCUT2D eigenvalue weighted by Gasteiger charge is -1.97. The fourth-order valence-electron chi connectivity index (χ4n) is 2.25. The van der Waals surface area contributed by atoms with Gasteiger partial charge in [0.25, 0.3) is 5.56 Å². The molecular formula is C14H14N2O. The highest BCUT2D eigenvalue weighted by Crippen LogP contribution is 2.24. The first-order valence-electron chi connectivity index (χ1n) is 5.80. The van der Waals surface area contributed by atoms with Crippen LogP contribution in [-0.4, -0.2) is 9.55 Å². The maximum Gasteiger partial charge on any atom is 0.274 e. The Balaban J connectivity index is 2.51. The minimum Gasteiger partial charge on any atom is -0.350 e. The molecule has 1 N–H and O–H groups in total. The molecule has 0 spiro atoms. The van der Waals surface area contributed by atoms with Gasteiger partial charge in [-0.05, 0) is 30.2 Å². The molecule has 3 aromatic rings. The Morgan fingerprint density at radius 3 is 2.82 bits per heavy atom. The molecule has 2 heterocycles. The topological polar surface area (TPSA) is 37.8 Å². The Kier molecular flexibility index (Phi) is 2.08. The lowest BCUT2D eigenvalue weighted by molar-refractivity contribution is 0.871. The van der Waals surface area contributed by atoms with Gasteiger partial charge in [0, 0.05) is 29.5 Å². The SMILES string of the molecule is CCc1ccc2[nH]c3c(=O)n(C)ccc3c2c1. The molecule has 0 bridgehead atoms. The molecule has 0 aliphatic heterocycles. The van der Waals surface area contributed by atoms with E-state index in [4.69, 9.17) is 0 Å². The van der Waals surface area contributed by atoms with Crippen LogP contribution in [0.2, 0.25) is 0 Å². The summed E-state index contributed by atoms with van der Waals surface area (Å²) in [6.07, 6.45) is 2.82. The third kappa shape index (κ3) is 1.39. The fraction of sp³-hybridized carbons (Fsp3) is 0.214. The second-order valence-electron chi connectivity index (χ2n) is 4.38. The van der Waals surface area contributed by atoms with Crippen molar-refractivity contribution in [3.05, 3.63) is 46.4 Å². The number of hydrogen-bond acceptors (Lipinski definition) is 1. The number of nitrogens with zero attached hydrogens (tertiary/aromatic N) is 1. The summed E-state index contributed by atoms with van der Waals surface area (Å²) >= 11 is 0. The number of fused-ring (bicyclic) bond motifs is 3. The summed E-state index contributed by atoms with van der Waals surface area (Å²) < 4.78 is 1.60. The van der Waals surface area contributed by atoms with Crippen molar-refractivity contribution in [3.63, 3.8) is 0 Å². The van der Waals surface area contributed by atoms with Crippen LogP contribution in [0.5, 0.6) is 0 Å². The molecule has 0 aliphatic rings. The molecule has 0 unspecified atom stereocenters. The third-order valence-corrected chi connectivity index (χ3v) is 3.31. The van der Waals surface area contributed by atoms with E-state index in [-0.39, 0.29) is 5.56 Å². The minimum absolute atomic E-state index is 0.0248. The summed E-state index contributed by atoms with van der Waals surface area (Å²) in [7, 11) is 1.77. The number of pyridine rings is 1. The van der Waals surface area contributed by atoms with Gasteiger partial charge in [0.2, 0.25) is 0 Å². The highest BCUT2D eigenvalue weighted by molar-refractivity contribution is 6.06. The van der Waals surface area contributed by atoms with Crippen LogP contribution in [-0.2, 0) is 13.5 Å². The smallest absolute Gasteiger partial charge is 0.274 e. The summed E-state index contributed by atoms with van der Waals surface area (Å²) in [5.41, 5.74) is 3.04. The molecule has 3 rings (SSSR count). The van der Waals surface area contributed by atoms with Gasteiger partial charge >= 0.3 is 0 Å². The van der Waals surface area contributed by atoms with E-state index in [0.29, 0.717) is 5.52 Å². The number of H-pyrrole nitrogens is 1. The Morgan fingerprint density at radius 1 is 1.24 bits per heavy atom. The van der Waals surface area contributed by atoms with Crippen LogP contribution in [0.25, 0.3) is 21.8 Å². The summed E-state index contributed by atoms with van der Waals surface area (Å²) in [6.45, 7) is 2.13. The van der Waals surface area contributed by atoms with E-state index < -0.39 is 0 Å². The van der Waals surface area contributed by atoms with Crippen molar-refractivity contribution < 1.29 is 0 Å². The monoisotopic (exact) mass is 226 g/mol. The van der Waals surface area contributed by atoms with Crippen LogP contribution >= 0.6 is 0 Å². The van der Waals surface area contributed by atoms with Crippen LogP contribution in [0.3, 0.4) is 0 Å². The van der Waals surface area contributed by atoms with Crippen LogP contribution < -0.4 is 5.56 Å². The van der Waals surface area contributed by atoms with Gasteiger partial charge in [-0.1, -0.05) is 13.0 Å².